The van der Waals surface area contributed by atoms with Gasteiger partial charge in [-0.15, -0.1) is 0 Å². The molecule has 0 bridgehead atoms. The van der Waals surface area contributed by atoms with Crippen molar-refractivity contribution in [2.24, 2.45) is 0 Å². The minimum absolute atomic E-state index is 0.196. The smallest absolute Gasteiger partial charge is 0.408 e. The molecular weight excluding hydrogens is 401 g/mol. The SMILES string of the molecule is O=C(CCCn1c(=O)oc2ccccc21)NNc1c(Cl)cc(Cl)cc1Cl. The number of fused-ring (bicyclic) bond motifs is 1. The molecular formula is C17H14Cl3N3O3. The van der Waals surface area contributed by atoms with Gasteiger partial charge in [0.05, 0.1) is 21.2 Å². The number of halogens is 3. The molecule has 0 atom stereocenters. The average Bonchev–Trinajstić information content (AvgIpc) is 2.89. The van der Waals surface area contributed by atoms with Gasteiger partial charge in [0.2, 0.25) is 5.91 Å². The highest BCUT2D eigenvalue weighted by Crippen LogP contribution is 2.33. The molecule has 0 aliphatic heterocycles. The second kappa shape index (κ2) is 8.03. The molecule has 0 radical (unpaired) electrons. The number of aryl methyl sites for hydroxylation is 1. The maximum Gasteiger partial charge on any atom is 0.419 e. The molecule has 0 aliphatic rings. The molecule has 3 rings (SSSR count). The highest BCUT2D eigenvalue weighted by atomic mass is 35.5. The van der Waals surface area contributed by atoms with Gasteiger partial charge < -0.3 is 4.42 Å². The van der Waals surface area contributed by atoms with Gasteiger partial charge in [-0.25, -0.2) is 4.79 Å². The summed E-state index contributed by atoms with van der Waals surface area (Å²) < 4.78 is 6.66. The summed E-state index contributed by atoms with van der Waals surface area (Å²) >= 11 is 17.9. The Hall–Kier alpha value is -2.15. The molecule has 136 valence electrons. The summed E-state index contributed by atoms with van der Waals surface area (Å²) in [7, 11) is 0. The van der Waals surface area contributed by atoms with Crippen LogP contribution in [0.15, 0.2) is 45.6 Å². The predicted octanol–water partition coefficient (Wildman–Crippen LogP) is 4.48. The number of amides is 1. The minimum Gasteiger partial charge on any atom is -0.408 e. The van der Waals surface area contributed by atoms with Gasteiger partial charge in [-0.05, 0) is 30.7 Å². The summed E-state index contributed by atoms with van der Waals surface area (Å²) in [5.74, 6) is -0.711. The third-order valence-corrected chi connectivity index (χ3v) is 4.51. The second-order valence-electron chi connectivity index (χ2n) is 5.51. The molecule has 0 fully saturated rings. The Morgan fingerprint density at radius 2 is 1.81 bits per heavy atom. The Kier molecular flexibility index (Phi) is 5.76. The van der Waals surface area contributed by atoms with Crippen LogP contribution in [0.1, 0.15) is 12.8 Å². The van der Waals surface area contributed by atoms with E-state index in [9.17, 15) is 9.59 Å². The number of carbonyl (C=O) groups excluding carboxylic acids is 1. The number of aromatic nitrogens is 1. The zero-order valence-electron chi connectivity index (χ0n) is 13.4. The lowest BCUT2D eigenvalue weighted by Crippen LogP contribution is -2.29. The summed E-state index contributed by atoms with van der Waals surface area (Å²) in [5.41, 5.74) is 6.80. The van der Waals surface area contributed by atoms with E-state index in [0.29, 0.717) is 44.8 Å². The first kappa shape index (κ1) is 18.6. The highest BCUT2D eigenvalue weighted by Gasteiger charge is 2.11. The Bertz CT molecular complexity index is 990. The van der Waals surface area contributed by atoms with Gasteiger partial charge in [0.15, 0.2) is 5.58 Å². The quantitative estimate of drug-likeness (QED) is 0.583. The molecule has 0 saturated heterocycles. The number of para-hydroxylation sites is 2. The number of rotatable bonds is 6. The molecule has 1 aromatic heterocycles. The van der Waals surface area contributed by atoms with Gasteiger partial charge in [0, 0.05) is 18.0 Å². The number of carbonyl (C=O) groups is 1. The van der Waals surface area contributed by atoms with E-state index in [0.717, 1.165) is 0 Å². The van der Waals surface area contributed by atoms with E-state index in [-0.39, 0.29) is 12.3 Å². The van der Waals surface area contributed by atoms with Gasteiger partial charge in [-0.3, -0.25) is 20.2 Å². The Balaban J connectivity index is 1.55. The molecule has 1 heterocycles. The number of nitrogens with one attached hydrogen (secondary N) is 2. The van der Waals surface area contributed by atoms with E-state index in [1.807, 2.05) is 6.07 Å². The summed E-state index contributed by atoms with van der Waals surface area (Å²) in [5, 5.41) is 0.980. The lowest BCUT2D eigenvalue weighted by atomic mass is 10.3. The maximum absolute atomic E-state index is 12.0. The fraction of sp³-hybridized carbons (Fsp3) is 0.176. The van der Waals surface area contributed by atoms with Crippen LogP contribution in [0.4, 0.5) is 5.69 Å². The summed E-state index contributed by atoms with van der Waals surface area (Å²) in [6.07, 6.45) is 0.654. The van der Waals surface area contributed by atoms with Crippen LogP contribution in [0.25, 0.3) is 11.1 Å². The maximum atomic E-state index is 12.0. The van der Waals surface area contributed by atoms with Crippen LogP contribution < -0.4 is 16.6 Å². The van der Waals surface area contributed by atoms with Gasteiger partial charge in [-0.1, -0.05) is 46.9 Å². The van der Waals surface area contributed by atoms with Crippen LogP contribution >= 0.6 is 34.8 Å². The van der Waals surface area contributed by atoms with Crippen molar-refractivity contribution in [3.63, 3.8) is 0 Å². The van der Waals surface area contributed by atoms with Crippen molar-refractivity contribution in [1.82, 2.24) is 9.99 Å². The number of nitrogens with zero attached hydrogens (tertiary/aromatic N) is 1. The third kappa shape index (κ3) is 4.15. The molecule has 2 N–H and O–H groups in total. The number of oxazole rings is 1. The van der Waals surface area contributed by atoms with Crippen molar-refractivity contribution >= 4 is 57.5 Å². The first-order valence-electron chi connectivity index (χ1n) is 7.73. The van der Waals surface area contributed by atoms with Crippen molar-refractivity contribution in [3.8, 4) is 0 Å². The van der Waals surface area contributed by atoms with Gasteiger partial charge in [-0.2, -0.15) is 0 Å². The fourth-order valence-corrected chi connectivity index (χ4v) is 3.39. The van der Waals surface area contributed by atoms with Crippen LogP contribution in [0.2, 0.25) is 15.1 Å². The molecule has 0 unspecified atom stereocenters. The normalized spacial score (nSPS) is 10.9. The summed E-state index contributed by atoms with van der Waals surface area (Å²) in [6, 6.07) is 10.2. The van der Waals surface area contributed by atoms with Crippen molar-refractivity contribution in [3.05, 3.63) is 62.0 Å². The lowest BCUT2D eigenvalue weighted by Gasteiger charge is -2.12. The largest absolute Gasteiger partial charge is 0.419 e. The first-order chi connectivity index (χ1) is 12.5. The highest BCUT2D eigenvalue weighted by molar-refractivity contribution is 6.41. The fourth-order valence-electron chi connectivity index (χ4n) is 2.48. The first-order valence-corrected chi connectivity index (χ1v) is 8.87. The van der Waals surface area contributed by atoms with Crippen LogP contribution in [-0.4, -0.2) is 10.5 Å². The van der Waals surface area contributed by atoms with Gasteiger partial charge >= 0.3 is 5.76 Å². The van der Waals surface area contributed by atoms with Crippen molar-refractivity contribution in [1.29, 1.82) is 0 Å². The lowest BCUT2D eigenvalue weighted by molar-refractivity contribution is -0.120. The van der Waals surface area contributed by atoms with E-state index in [1.165, 1.54) is 16.7 Å². The molecule has 26 heavy (non-hydrogen) atoms. The zero-order chi connectivity index (χ0) is 18.7. The zero-order valence-corrected chi connectivity index (χ0v) is 15.7. The molecule has 0 spiro atoms. The average molecular weight is 415 g/mol. The topological polar surface area (TPSA) is 76.3 Å². The van der Waals surface area contributed by atoms with E-state index in [4.69, 9.17) is 39.2 Å². The van der Waals surface area contributed by atoms with Crippen molar-refractivity contribution < 1.29 is 9.21 Å². The Morgan fingerprint density at radius 3 is 2.54 bits per heavy atom. The van der Waals surface area contributed by atoms with Crippen molar-refractivity contribution in [2.75, 3.05) is 5.43 Å². The standard InChI is InChI=1S/C17H14Cl3N3O3/c18-10-8-11(19)16(12(20)9-10)22-21-15(24)6-3-7-23-13-4-1-2-5-14(13)26-17(23)25/h1-2,4-5,8-9,22H,3,6-7H2,(H,21,24). The van der Waals surface area contributed by atoms with E-state index in [2.05, 4.69) is 10.9 Å². The van der Waals surface area contributed by atoms with E-state index >= 15 is 0 Å². The van der Waals surface area contributed by atoms with E-state index < -0.39 is 5.76 Å². The van der Waals surface area contributed by atoms with Crippen LogP contribution in [0.3, 0.4) is 0 Å². The van der Waals surface area contributed by atoms with E-state index in [1.54, 1.807) is 18.2 Å². The second-order valence-corrected chi connectivity index (χ2v) is 6.76. The number of benzene rings is 2. The van der Waals surface area contributed by atoms with Crippen LogP contribution in [0, 0.1) is 0 Å². The molecule has 0 saturated carbocycles. The molecule has 2 aromatic carbocycles. The molecule has 1 amide bonds. The third-order valence-electron chi connectivity index (χ3n) is 3.69. The monoisotopic (exact) mass is 413 g/mol. The molecule has 3 aromatic rings. The Morgan fingerprint density at radius 1 is 1.12 bits per heavy atom. The van der Waals surface area contributed by atoms with Crippen molar-refractivity contribution in [2.45, 2.75) is 19.4 Å². The van der Waals surface area contributed by atoms with Gasteiger partial charge in [0.1, 0.15) is 0 Å². The molecule has 6 nitrogen and oxygen atoms in total. The summed E-state index contributed by atoms with van der Waals surface area (Å²) in [4.78, 5) is 23.9. The van der Waals surface area contributed by atoms with Crippen LogP contribution in [0.5, 0.6) is 0 Å². The Labute approximate surface area is 163 Å². The number of anilines is 1. The molecule has 0 aliphatic carbocycles. The number of hydrogen-bond acceptors (Lipinski definition) is 4. The van der Waals surface area contributed by atoms with Gasteiger partial charge in [0.25, 0.3) is 0 Å². The molecule has 9 heteroatoms. The minimum atomic E-state index is -0.440. The number of hydrazine groups is 1. The summed E-state index contributed by atoms with van der Waals surface area (Å²) in [6.45, 7) is 0.367. The van der Waals surface area contributed by atoms with Crippen LogP contribution in [-0.2, 0) is 11.3 Å². The predicted molar refractivity (Wildman–Crippen MR) is 103 cm³/mol. The number of hydrogen-bond donors (Lipinski definition) is 2.